The number of aryl methyl sites for hydroxylation is 1. The molecular weight excluding hydrogens is 332 g/mol. The van der Waals surface area contributed by atoms with Gasteiger partial charge in [-0.2, -0.15) is 5.10 Å². The Morgan fingerprint density at radius 3 is 2.69 bits per heavy atom. The number of unbranched alkanes of at least 4 members (excludes halogenated alkanes) is 1. The number of nitrogens with zero attached hydrogens (tertiary/aromatic N) is 3. The van der Waals surface area contributed by atoms with E-state index in [1.54, 1.807) is 0 Å². The van der Waals surface area contributed by atoms with Crippen molar-refractivity contribution < 1.29 is 9.53 Å². The molecule has 1 amide bonds. The monoisotopic (exact) mass is 364 g/mol. The molecule has 1 saturated heterocycles. The summed E-state index contributed by atoms with van der Waals surface area (Å²) in [7, 11) is 0. The van der Waals surface area contributed by atoms with Crippen molar-refractivity contribution in [2.45, 2.75) is 52.6 Å². The summed E-state index contributed by atoms with van der Waals surface area (Å²) in [5.41, 5.74) is 0.131. The fourth-order valence-corrected chi connectivity index (χ4v) is 3.19. The summed E-state index contributed by atoms with van der Waals surface area (Å²) < 4.78 is 6.82. The maximum Gasteiger partial charge on any atom is 0.271 e. The molecule has 7 nitrogen and oxygen atoms in total. The summed E-state index contributed by atoms with van der Waals surface area (Å²) in [6, 6.07) is 3.21. The minimum absolute atomic E-state index is 0.166. The summed E-state index contributed by atoms with van der Waals surface area (Å²) in [5.74, 6) is 0.325. The molecule has 0 aromatic carbocycles. The lowest BCUT2D eigenvalue weighted by atomic mass is 10.0. The molecule has 7 heteroatoms. The Morgan fingerprint density at radius 1 is 1.31 bits per heavy atom. The summed E-state index contributed by atoms with van der Waals surface area (Å²) in [6.07, 6.45) is 2.86. The lowest BCUT2D eigenvalue weighted by Crippen LogP contribution is -2.49. The molecule has 1 fully saturated rings. The van der Waals surface area contributed by atoms with Gasteiger partial charge in [0, 0.05) is 38.3 Å². The SMILES string of the molecule is CCCCn1nc(C(=O)NCC(CC(C)C)N2CCOCC2)ccc1=O. The molecule has 0 spiro atoms. The Labute approximate surface area is 155 Å². The third-order valence-electron chi connectivity index (χ3n) is 4.63. The highest BCUT2D eigenvalue weighted by Crippen LogP contribution is 2.13. The smallest absolute Gasteiger partial charge is 0.271 e. The predicted molar refractivity (Wildman–Crippen MR) is 101 cm³/mol. The lowest BCUT2D eigenvalue weighted by Gasteiger charge is -2.35. The lowest BCUT2D eigenvalue weighted by molar-refractivity contribution is 0.0124. The van der Waals surface area contributed by atoms with Crippen molar-refractivity contribution in [1.29, 1.82) is 0 Å². The molecule has 1 unspecified atom stereocenters. The van der Waals surface area contributed by atoms with E-state index in [1.165, 1.54) is 16.8 Å². The van der Waals surface area contributed by atoms with Gasteiger partial charge in [-0.1, -0.05) is 27.2 Å². The number of hydrogen-bond donors (Lipinski definition) is 1. The van der Waals surface area contributed by atoms with Gasteiger partial charge in [-0.25, -0.2) is 4.68 Å². The predicted octanol–water partition coefficient (Wildman–Crippen LogP) is 1.52. The van der Waals surface area contributed by atoms with Crippen molar-refractivity contribution in [2.75, 3.05) is 32.8 Å². The Morgan fingerprint density at radius 2 is 2.04 bits per heavy atom. The van der Waals surface area contributed by atoms with Gasteiger partial charge >= 0.3 is 0 Å². The molecule has 0 radical (unpaired) electrons. The van der Waals surface area contributed by atoms with Gasteiger partial charge in [0.05, 0.1) is 13.2 Å². The second-order valence-corrected chi connectivity index (χ2v) is 7.28. The molecule has 1 aromatic rings. The second-order valence-electron chi connectivity index (χ2n) is 7.28. The summed E-state index contributed by atoms with van der Waals surface area (Å²) in [4.78, 5) is 26.8. The molecule has 0 saturated carbocycles. The van der Waals surface area contributed by atoms with Crippen molar-refractivity contribution in [1.82, 2.24) is 20.0 Å². The third kappa shape index (κ3) is 6.21. The average Bonchev–Trinajstić information content (AvgIpc) is 2.64. The third-order valence-corrected chi connectivity index (χ3v) is 4.63. The fraction of sp³-hybridized carbons (Fsp3) is 0.737. The summed E-state index contributed by atoms with van der Waals surface area (Å²) in [6.45, 7) is 10.8. The topological polar surface area (TPSA) is 76.5 Å². The number of carbonyl (C=O) groups excluding carboxylic acids is 1. The van der Waals surface area contributed by atoms with E-state index in [2.05, 4.69) is 36.1 Å². The Balaban J connectivity index is 1.99. The van der Waals surface area contributed by atoms with Crippen LogP contribution in [0.25, 0.3) is 0 Å². The molecule has 1 aromatic heterocycles. The highest BCUT2D eigenvalue weighted by molar-refractivity contribution is 5.92. The van der Waals surface area contributed by atoms with Crippen LogP contribution in [0, 0.1) is 5.92 Å². The van der Waals surface area contributed by atoms with E-state index in [4.69, 9.17) is 4.74 Å². The van der Waals surface area contributed by atoms with E-state index in [0.717, 1.165) is 45.6 Å². The Bertz CT molecular complexity index is 623. The number of aromatic nitrogens is 2. The van der Waals surface area contributed by atoms with Gasteiger partial charge in [0.1, 0.15) is 5.69 Å². The van der Waals surface area contributed by atoms with Crippen LogP contribution in [0.4, 0.5) is 0 Å². The minimum atomic E-state index is -0.225. The molecule has 26 heavy (non-hydrogen) atoms. The number of nitrogens with one attached hydrogen (secondary N) is 1. The van der Waals surface area contributed by atoms with E-state index >= 15 is 0 Å². The number of morpholine rings is 1. The molecule has 1 aliphatic rings. The van der Waals surface area contributed by atoms with E-state index in [9.17, 15) is 9.59 Å². The highest BCUT2D eigenvalue weighted by Gasteiger charge is 2.23. The van der Waals surface area contributed by atoms with Gasteiger partial charge in [0.15, 0.2) is 0 Å². The van der Waals surface area contributed by atoms with Gasteiger partial charge in [-0.15, -0.1) is 0 Å². The van der Waals surface area contributed by atoms with Crippen molar-refractivity contribution in [3.05, 3.63) is 28.2 Å². The number of carbonyl (C=O) groups is 1. The molecular formula is C19H32N4O3. The van der Waals surface area contributed by atoms with E-state index in [-0.39, 0.29) is 17.5 Å². The van der Waals surface area contributed by atoms with Crippen LogP contribution < -0.4 is 10.9 Å². The van der Waals surface area contributed by atoms with Crippen molar-refractivity contribution in [3.8, 4) is 0 Å². The number of rotatable bonds is 9. The number of ether oxygens (including phenoxy) is 1. The van der Waals surface area contributed by atoms with Crippen molar-refractivity contribution in [3.63, 3.8) is 0 Å². The van der Waals surface area contributed by atoms with Crippen LogP contribution in [0.1, 0.15) is 50.5 Å². The van der Waals surface area contributed by atoms with Crippen LogP contribution >= 0.6 is 0 Å². The summed E-state index contributed by atoms with van der Waals surface area (Å²) in [5, 5.41) is 7.22. The van der Waals surface area contributed by atoms with Crippen LogP contribution in [-0.4, -0.2) is 59.5 Å². The molecule has 2 rings (SSSR count). The molecule has 0 bridgehead atoms. The molecule has 0 aliphatic carbocycles. The quantitative estimate of drug-likeness (QED) is 0.719. The van der Waals surface area contributed by atoms with Gasteiger partial charge in [0.2, 0.25) is 0 Å². The molecule has 146 valence electrons. The standard InChI is InChI=1S/C19H32N4O3/c1-4-5-8-23-18(24)7-6-17(21-23)19(25)20-14-16(13-15(2)3)22-9-11-26-12-10-22/h6-7,15-16H,4-5,8-14H2,1-3H3,(H,20,25). The number of hydrogen-bond acceptors (Lipinski definition) is 5. The zero-order valence-corrected chi connectivity index (χ0v) is 16.2. The minimum Gasteiger partial charge on any atom is -0.379 e. The first-order chi connectivity index (χ1) is 12.5. The Kier molecular flexibility index (Phi) is 8.25. The largest absolute Gasteiger partial charge is 0.379 e. The average molecular weight is 364 g/mol. The second kappa shape index (κ2) is 10.4. The van der Waals surface area contributed by atoms with Crippen molar-refractivity contribution >= 4 is 5.91 Å². The first kappa shape index (κ1) is 20.6. The molecule has 1 atom stereocenters. The van der Waals surface area contributed by atoms with Crippen LogP contribution in [0.5, 0.6) is 0 Å². The summed E-state index contributed by atoms with van der Waals surface area (Å²) >= 11 is 0. The zero-order chi connectivity index (χ0) is 18.9. The van der Waals surface area contributed by atoms with E-state index < -0.39 is 0 Å². The van der Waals surface area contributed by atoms with Gasteiger partial charge in [0.25, 0.3) is 11.5 Å². The molecule has 1 aliphatic heterocycles. The van der Waals surface area contributed by atoms with Crippen LogP contribution in [0.2, 0.25) is 0 Å². The van der Waals surface area contributed by atoms with E-state index in [1.807, 2.05) is 0 Å². The first-order valence-electron chi connectivity index (χ1n) is 9.69. The van der Waals surface area contributed by atoms with Crippen LogP contribution in [0.15, 0.2) is 16.9 Å². The van der Waals surface area contributed by atoms with Gasteiger partial charge in [-0.3, -0.25) is 14.5 Å². The highest BCUT2D eigenvalue weighted by atomic mass is 16.5. The maximum absolute atomic E-state index is 12.5. The van der Waals surface area contributed by atoms with Crippen LogP contribution in [-0.2, 0) is 11.3 Å². The van der Waals surface area contributed by atoms with Crippen LogP contribution in [0.3, 0.4) is 0 Å². The maximum atomic E-state index is 12.5. The molecule has 1 N–H and O–H groups in total. The fourth-order valence-electron chi connectivity index (χ4n) is 3.19. The van der Waals surface area contributed by atoms with E-state index in [0.29, 0.717) is 24.7 Å². The van der Waals surface area contributed by atoms with Gasteiger partial charge < -0.3 is 10.1 Å². The first-order valence-corrected chi connectivity index (χ1v) is 9.69. The van der Waals surface area contributed by atoms with Gasteiger partial charge in [-0.05, 0) is 24.8 Å². The normalized spacial score (nSPS) is 16.6. The molecule has 2 heterocycles. The van der Waals surface area contributed by atoms with Crippen molar-refractivity contribution in [2.24, 2.45) is 5.92 Å². The Hall–Kier alpha value is -1.73. The number of amides is 1. The zero-order valence-electron chi connectivity index (χ0n) is 16.2.